The lowest BCUT2D eigenvalue weighted by Crippen LogP contribution is -2.16. The standard InChI is InChI=1S/C12H26/c1-7-10(4)8-11(5)12(6)9(2)3/h9-12H,7-8H2,1-6H3. The van der Waals surface area contributed by atoms with Crippen molar-refractivity contribution in [2.24, 2.45) is 23.7 Å². The van der Waals surface area contributed by atoms with Crippen molar-refractivity contribution >= 4 is 0 Å². The summed E-state index contributed by atoms with van der Waals surface area (Å²) in [5.74, 6) is 3.50. The maximum absolute atomic E-state index is 2.40. The van der Waals surface area contributed by atoms with Crippen LogP contribution in [0, 0.1) is 23.7 Å². The molecule has 0 aromatic rings. The minimum Gasteiger partial charge on any atom is -0.0651 e. The van der Waals surface area contributed by atoms with E-state index in [1.807, 2.05) is 0 Å². The fourth-order valence-electron chi connectivity index (χ4n) is 1.67. The Hall–Kier alpha value is 0. The molecule has 0 rings (SSSR count). The molecule has 0 heterocycles. The van der Waals surface area contributed by atoms with Gasteiger partial charge in [-0.15, -0.1) is 0 Å². The van der Waals surface area contributed by atoms with Crippen molar-refractivity contribution in [1.82, 2.24) is 0 Å². The van der Waals surface area contributed by atoms with Crippen LogP contribution in [0.2, 0.25) is 0 Å². The molecule has 0 amide bonds. The van der Waals surface area contributed by atoms with Gasteiger partial charge in [-0.3, -0.25) is 0 Å². The van der Waals surface area contributed by atoms with Gasteiger partial charge < -0.3 is 0 Å². The van der Waals surface area contributed by atoms with Crippen molar-refractivity contribution in [3.63, 3.8) is 0 Å². The van der Waals surface area contributed by atoms with Crippen molar-refractivity contribution in [1.29, 1.82) is 0 Å². The second kappa shape index (κ2) is 5.61. The first-order valence-corrected chi connectivity index (χ1v) is 5.49. The molecule has 74 valence electrons. The number of hydrogen-bond donors (Lipinski definition) is 0. The van der Waals surface area contributed by atoms with Crippen molar-refractivity contribution in [3.05, 3.63) is 0 Å². The third kappa shape index (κ3) is 4.13. The van der Waals surface area contributed by atoms with Gasteiger partial charge in [-0.2, -0.15) is 0 Å². The van der Waals surface area contributed by atoms with Crippen LogP contribution in [0.15, 0.2) is 0 Å². The van der Waals surface area contributed by atoms with Gasteiger partial charge in [0, 0.05) is 0 Å². The normalized spacial score (nSPS) is 19.2. The SMILES string of the molecule is CCC(C)CC(C)C(C)C(C)C. The molecule has 0 spiro atoms. The molecule has 0 heteroatoms. The fraction of sp³-hybridized carbons (Fsp3) is 1.00. The predicted molar refractivity (Wildman–Crippen MR) is 57.2 cm³/mol. The molecule has 0 radical (unpaired) electrons. The molecule has 0 aliphatic rings. The highest BCUT2D eigenvalue weighted by molar-refractivity contribution is 4.67. The summed E-state index contributed by atoms with van der Waals surface area (Å²) in [5.41, 5.74) is 0. The molecule has 0 saturated heterocycles. The topological polar surface area (TPSA) is 0 Å². The van der Waals surface area contributed by atoms with Gasteiger partial charge in [0.25, 0.3) is 0 Å². The maximum atomic E-state index is 2.40. The summed E-state index contributed by atoms with van der Waals surface area (Å²) in [4.78, 5) is 0. The van der Waals surface area contributed by atoms with Crippen LogP contribution in [0.1, 0.15) is 54.4 Å². The van der Waals surface area contributed by atoms with Crippen molar-refractivity contribution in [2.75, 3.05) is 0 Å². The van der Waals surface area contributed by atoms with E-state index in [-0.39, 0.29) is 0 Å². The monoisotopic (exact) mass is 170 g/mol. The Kier molecular flexibility index (Phi) is 5.61. The van der Waals surface area contributed by atoms with E-state index in [4.69, 9.17) is 0 Å². The van der Waals surface area contributed by atoms with E-state index in [2.05, 4.69) is 41.5 Å². The molecule has 0 aromatic carbocycles. The molecule has 0 fully saturated rings. The average Bonchev–Trinajstić information content (AvgIpc) is 2.02. The second-order valence-electron chi connectivity index (χ2n) is 4.83. The Labute approximate surface area is 78.8 Å². The van der Waals surface area contributed by atoms with Gasteiger partial charge in [0.15, 0.2) is 0 Å². The maximum Gasteiger partial charge on any atom is -0.0394 e. The zero-order chi connectivity index (χ0) is 9.72. The zero-order valence-corrected chi connectivity index (χ0v) is 9.72. The van der Waals surface area contributed by atoms with Crippen LogP contribution in [0.5, 0.6) is 0 Å². The Morgan fingerprint density at radius 3 is 1.75 bits per heavy atom. The first-order valence-electron chi connectivity index (χ1n) is 5.49. The molecule has 12 heavy (non-hydrogen) atoms. The van der Waals surface area contributed by atoms with Crippen LogP contribution in [0.25, 0.3) is 0 Å². The molecule has 0 nitrogen and oxygen atoms in total. The molecule has 0 bridgehead atoms. The van der Waals surface area contributed by atoms with Gasteiger partial charge in [0.05, 0.1) is 0 Å². The van der Waals surface area contributed by atoms with Crippen molar-refractivity contribution < 1.29 is 0 Å². The van der Waals surface area contributed by atoms with E-state index in [9.17, 15) is 0 Å². The van der Waals surface area contributed by atoms with Crippen LogP contribution in [-0.2, 0) is 0 Å². The van der Waals surface area contributed by atoms with Crippen LogP contribution < -0.4 is 0 Å². The molecule has 0 aliphatic carbocycles. The van der Waals surface area contributed by atoms with E-state index in [1.165, 1.54) is 12.8 Å². The first-order chi connectivity index (χ1) is 5.49. The molecule has 0 aliphatic heterocycles. The van der Waals surface area contributed by atoms with Gasteiger partial charge in [-0.1, -0.05) is 48.0 Å². The Bertz CT molecular complexity index is 105. The number of hydrogen-bond acceptors (Lipinski definition) is 0. The highest BCUT2D eigenvalue weighted by atomic mass is 14.2. The summed E-state index contributed by atoms with van der Waals surface area (Å²) in [5, 5.41) is 0. The summed E-state index contributed by atoms with van der Waals surface area (Å²) in [6.07, 6.45) is 2.73. The van der Waals surface area contributed by atoms with E-state index in [0.717, 1.165) is 23.7 Å². The van der Waals surface area contributed by atoms with E-state index in [1.54, 1.807) is 0 Å². The van der Waals surface area contributed by atoms with Crippen LogP contribution in [-0.4, -0.2) is 0 Å². The summed E-state index contributed by atoms with van der Waals surface area (Å²) in [6, 6.07) is 0. The third-order valence-electron chi connectivity index (χ3n) is 3.42. The molecular formula is C12H26. The lowest BCUT2D eigenvalue weighted by Gasteiger charge is -2.25. The van der Waals surface area contributed by atoms with Crippen molar-refractivity contribution in [2.45, 2.75) is 54.4 Å². The molecule has 0 saturated carbocycles. The summed E-state index contributed by atoms with van der Waals surface area (Å²) in [7, 11) is 0. The number of rotatable bonds is 5. The minimum atomic E-state index is 0.837. The lowest BCUT2D eigenvalue weighted by atomic mass is 9.81. The van der Waals surface area contributed by atoms with Crippen LogP contribution in [0.3, 0.4) is 0 Å². The summed E-state index contributed by atoms with van der Waals surface area (Å²) >= 11 is 0. The fourth-order valence-corrected chi connectivity index (χ4v) is 1.67. The summed E-state index contributed by atoms with van der Waals surface area (Å²) in [6.45, 7) is 14.1. The molecule has 3 atom stereocenters. The highest BCUT2D eigenvalue weighted by Gasteiger charge is 2.17. The largest absolute Gasteiger partial charge is 0.0651 e. The lowest BCUT2D eigenvalue weighted by molar-refractivity contribution is 0.250. The Morgan fingerprint density at radius 2 is 1.42 bits per heavy atom. The van der Waals surface area contributed by atoms with Gasteiger partial charge in [0.2, 0.25) is 0 Å². The predicted octanol–water partition coefficient (Wildman–Crippen LogP) is 4.35. The van der Waals surface area contributed by atoms with E-state index < -0.39 is 0 Å². The van der Waals surface area contributed by atoms with E-state index in [0.29, 0.717) is 0 Å². The van der Waals surface area contributed by atoms with Crippen LogP contribution in [0.4, 0.5) is 0 Å². The smallest absolute Gasteiger partial charge is 0.0394 e. The van der Waals surface area contributed by atoms with Gasteiger partial charge >= 0.3 is 0 Å². The quantitative estimate of drug-likeness (QED) is 0.575. The second-order valence-corrected chi connectivity index (χ2v) is 4.83. The zero-order valence-electron chi connectivity index (χ0n) is 9.72. The molecule has 0 aromatic heterocycles. The highest BCUT2D eigenvalue weighted by Crippen LogP contribution is 2.26. The van der Waals surface area contributed by atoms with Gasteiger partial charge in [-0.25, -0.2) is 0 Å². The van der Waals surface area contributed by atoms with E-state index >= 15 is 0 Å². The van der Waals surface area contributed by atoms with Gasteiger partial charge in [0.1, 0.15) is 0 Å². The molecule has 3 unspecified atom stereocenters. The third-order valence-corrected chi connectivity index (χ3v) is 3.42. The molecular weight excluding hydrogens is 144 g/mol. The Morgan fingerprint density at radius 1 is 0.917 bits per heavy atom. The average molecular weight is 170 g/mol. The minimum absolute atomic E-state index is 0.837. The van der Waals surface area contributed by atoms with Crippen molar-refractivity contribution in [3.8, 4) is 0 Å². The molecule has 0 N–H and O–H groups in total. The first kappa shape index (κ1) is 12.0. The Balaban J connectivity index is 3.78. The van der Waals surface area contributed by atoms with Gasteiger partial charge in [-0.05, 0) is 30.1 Å². The van der Waals surface area contributed by atoms with Crippen LogP contribution >= 0.6 is 0 Å². The summed E-state index contributed by atoms with van der Waals surface area (Å²) < 4.78 is 0.